The molecule has 47 heavy (non-hydrogen) atoms. The summed E-state index contributed by atoms with van der Waals surface area (Å²) in [5, 5.41) is 32.2. The lowest BCUT2D eigenvalue weighted by molar-refractivity contribution is 0.0693. The molecule has 1 aliphatic carbocycles. The van der Waals surface area contributed by atoms with E-state index in [4.69, 9.17) is 14.0 Å². The number of rotatable bonds is 10. The number of carbonyl (C=O) groups is 2. The molecule has 6 heterocycles. The Labute approximate surface area is 272 Å². The molecule has 0 bridgehead atoms. The molecule has 0 radical (unpaired) electrons. The highest BCUT2D eigenvalue weighted by Gasteiger charge is 2.34. The minimum Gasteiger partial charge on any atom is -0.478 e. The summed E-state index contributed by atoms with van der Waals surface area (Å²) >= 11 is 1.58. The number of pyridine rings is 1. The van der Waals surface area contributed by atoms with Crippen LogP contribution in [0.3, 0.4) is 0 Å². The van der Waals surface area contributed by atoms with Gasteiger partial charge in [-0.15, -0.1) is 16.4 Å². The Hall–Kier alpha value is -5.37. The van der Waals surface area contributed by atoms with Gasteiger partial charge in [-0.05, 0) is 61.4 Å². The number of carbonyl (C=O) groups excluding carboxylic acids is 1. The third kappa shape index (κ3) is 5.99. The first-order valence-electron chi connectivity index (χ1n) is 15.5. The minimum absolute atomic E-state index is 0.0225. The van der Waals surface area contributed by atoms with E-state index in [0.717, 1.165) is 53.0 Å². The minimum atomic E-state index is -0.977. The standard InChI is InChI=1S/C33H30N8O5S/c42-32(25-15-27(28-5-2-12-47-28)35-31-29(25)30(38-46-31)20-6-7-20)40-10-8-19(9-11-40)26-14-24(45-37-26)18-41-17-23(36-39-41)16-34-22-4-1-3-21(13-22)33(43)44/h1-5,12-15,17,19-20,34H,6-11,16,18H2,(H,43,44). The molecule has 13 nitrogen and oxygen atoms in total. The Morgan fingerprint density at radius 3 is 2.66 bits per heavy atom. The maximum absolute atomic E-state index is 14.0. The molecule has 14 heteroatoms. The molecule has 6 aromatic rings. The molecular weight excluding hydrogens is 620 g/mol. The predicted octanol–water partition coefficient (Wildman–Crippen LogP) is 5.79. The molecule has 1 saturated carbocycles. The van der Waals surface area contributed by atoms with Crippen LogP contribution in [0, 0.1) is 0 Å². The van der Waals surface area contributed by atoms with Gasteiger partial charge in [-0.1, -0.05) is 27.7 Å². The van der Waals surface area contributed by atoms with Gasteiger partial charge in [-0.3, -0.25) is 4.79 Å². The van der Waals surface area contributed by atoms with Crippen molar-refractivity contribution in [3.05, 3.63) is 94.1 Å². The number of thiophene rings is 1. The van der Waals surface area contributed by atoms with Crippen molar-refractivity contribution in [3.8, 4) is 10.6 Å². The van der Waals surface area contributed by atoms with Gasteiger partial charge in [0.15, 0.2) is 5.76 Å². The second-order valence-corrected chi connectivity index (χ2v) is 12.9. The Kier molecular flexibility index (Phi) is 7.48. The van der Waals surface area contributed by atoms with Crippen LogP contribution in [0.15, 0.2) is 69.2 Å². The smallest absolute Gasteiger partial charge is 0.335 e. The van der Waals surface area contributed by atoms with Crippen molar-refractivity contribution in [3.63, 3.8) is 0 Å². The molecule has 0 unspecified atom stereocenters. The third-order valence-corrected chi connectivity index (χ3v) is 9.60. The first-order chi connectivity index (χ1) is 23.0. The first-order valence-corrected chi connectivity index (χ1v) is 16.4. The highest BCUT2D eigenvalue weighted by atomic mass is 32.1. The van der Waals surface area contributed by atoms with Crippen LogP contribution in [0.2, 0.25) is 0 Å². The van der Waals surface area contributed by atoms with Gasteiger partial charge >= 0.3 is 5.97 Å². The molecular formula is C33H30N8O5S. The fourth-order valence-corrected chi connectivity index (χ4v) is 6.77. The largest absolute Gasteiger partial charge is 0.478 e. The summed E-state index contributed by atoms with van der Waals surface area (Å²) in [7, 11) is 0. The summed E-state index contributed by atoms with van der Waals surface area (Å²) in [6.45, 7) is 1.96. The Bertz CT molecular complexity index is 2070. The number of carboxylic acids is 1. The Morgan fingerprint density at radius 1 is 1.00 bits per heavy atom. The molecule has 2 N–H and O–H groups in total. The van der Waals surface area contributed by atoms with Crippen molar-refractivity contribution >= 4 is 40.0 Å². The summed E-state index contributed by atoms with van der Waals surface area (Å²) < 4.78 is 13.0. The van der Waals surface area contributed by atoms with Crippen molar-refractivity contribution in [2.24, 2.45) is 0 Å². The van der Waals surface area contributed by atoms with Crippen LogP contribution >= 0.6 is 11.3 Å². The monoisotopic (exact) mass is 650 g/mol. The summed E-state index contributed by atoms with van der Waals surface area (Å²) in [5.41, 5.74) is 5.07. The van der Waals surface area contributed by atoms with Crippen molar-refractivity contribution in [2.75, 3.05) is 18.4 Å². The predicted molar refractivity (Wildman–Crippen MR) is 171 cm³/mol. The Morgan fingerprint density at radius 2 is 1.87 bits per heavy atom. The van der Waals surface area contributed by atoms with Crippen LogP contribution in [0.1, 0.15) is 81.1 Å². The van der Waals surface area contributed by atoms with Crippen LogP contribution in [0.4, 0.5) is 5.69 Å². The van der Waals surface area contributed by atoms with E-state index in [1.807, 2.05) is 40.7 Å². The molecule has 5 aromatic heterocycles. The lowest BCUT2D eigenvalue weighted by Gasteiger charge is -2.31. The van der Waals surface area contributed by atoms with E-state index >= 15 is 0 Å². The number of hydrogen-bond acceptors (Lipinski definition) is 11. The lowest BCUT2D eigenvalue weighted by atomic mass is 9.92. The number of amides is 1. The fraction of sp³-hybridized carbons (Fsp3) is 0.303. The van der Waals surface area contributed by atoms with E-state index in [-0.39, 0.29) is 17.4 Å². The van der Waals surface area contributed by atoms with Gasteiger partial charge in [0, 0.05) is 36.7 Å². The fourth-order valence-electron chi connectivity index (χ4n) is 6.08. The highest BCUT2D eigenvalue weighted by molar-refractivity contribution is 7.13. The Balaban J connectivity index is 0.905. The summed E-state index contributed by atoms with van der Waals surface area (Å²) in [6.07, 6.45) is 5.45. The van der Waals surface area contributed by atoms with Crippen molar-refractivity contribution in [2.45, 2.75) is 50.6 Å². The molecule has 1 aliphatic heterocycles. The van der Waals surface area contributed by atoms with Gasteiger partial charge in [0.25, 0.3) is 11.6 Å². The number of nitrogens with one attached hydrogen (secondary N) is 1. The number of fused-ring (bicyclic) bond motifs is 1. The second-order valence-electron chi connectivity index (χ2n) is 12.0. The number of benzene rings is 1. The van der Waals surface area contributed by atoms with Crippen molar-refractivity contribution in [1.82, 2.24) is 35.2 Å². The zero-order chi connectivity index (χ0) is 31.9. The number of carboxylic acid groups (broad SMARTS) is 1. The molecule has 238 valence electrons. The number of hydrogen-bond donors (Lipinski definition) is 2. The maximum Gasteiger partial charge on any atom is 0.335 e. The van der Waals surface area contributed by atoms with E-state index in [9.17, 15) is 14.7 Å². The number of anilines is 1. The van der Waals surface area contributed by atoms with Gasteiger partial charge in [-0.2, -0.15) is 0 Å². The number of aromatic carboxylic acids is 1. The lowest BCUT2D eigenvalue weighted by Crippen LogP contribution is -2.38. The van der Waals surface area contributed by atoms with Crippen LogP contribution < -0.4 is 5.32 Å². The molecule has 1 amide bonds. The van der Waals surface area contributed by atoms with Gasteiger partial charge < -0.3 is 24.4 Å². The molecule has 2 aliphatic rings. The van der Waals surface area contributed by atoms with Crippen LogP contribution in [0.5, 0.6) is 0 Å². The molecule has 1 saturated heterocycles. The van der Waals surface area contributed by atoms with Gasteiger partial charge in [0.1, 0.15) is 12.2 Å². The summed E-state index contributed by atoms with van der Waals surface area (Å²) in [4.78, 5) is 32.8. The molecule has 2 fully saturated rings. The van der Waals surface area contributed by atoms with Crippen LogP contribution in [0.25, 0.3) is 21.7 Å². The summed E-state index contributed by atoms with van der Waals surface area (Å²) in [5.74, 6) is 0.163. The average molecular weight is 651 g/mol. The molecule has 0 atom stereocenters. The topological polar surface area (TPSA) is 165 Å². The number of aromatic nitrogens is 6. The number of likely N-dealkylation sites (tertiary alicyclic amines) is 1. The average Bonchev–Trinajstić information content (AvgIpc) is 3.54. The first kappa shape index (κ1) is 29.1. The molecule has 8 rings (SSSR count). The SMILES string of the molecule is O=C(O)c1cccc(NCc2cn(Cc3cc(C4CCN(C(=O)c5cc(-c6cccs6)nc6onc(C7CC7)c56)CC4)no3)nn2)c1. The van der Waals surface area contributed by atoms with Gasteiger partial charge in [-0.25, -0.2) is 14.5 Å². The maximum atomic E-state index is 14.0. The van der Waals surface area contributed by atoms with Crippen molar-refractivity contribution < 1.29 is 23.7 Å². The second kappa shape index (κ2) is 12.1. The van der Waals surface area contributed by atoms with E-state index < -0.39 is 5.97 Å². The van der Waals surface area contributed by atoms with E-state index in [0.29, 0.717) is 60.5 Å². The van der Waals surface area contributed by atoms with Gasteiger partial charge in [0.2, 0.25) is 0 Å². The van der Waals surface area contributed by atoms with Gasteiger partial charge in [0.05, 0.1) is 51.2 Å². The third-order valence-electron chi connectivity index (χ3n) is 8.71. The van der Waals surface area contributed by atoms with Crippen LogP contribution in [-0.4, -0.2) is 65.3 Å². The number of nitrogens with zero attached hydrogens (tertiary/aromatic N) is 7. The zero-order valence-electron chi connectivity index (χ0n) is 25.2. The zero-order valence-corrected chi connectivity index (χ0v) is 26.0. The molecule has 1 aromatic carbocycles. The summed E-state index contributed by atoms with van der Waals surface area (Å²) in [6, 6.07) is 14.4. The van der Waals surface area contributed by atoms with E-state index in [1.165, 1.54) is 0 Å². The normalized spacial score (nSPS) is 15.4. The van der Waals surface area contributed by atoms with E-state index in [2.05, 4.69) is 25.9 Å². The molecule has 0 spiro atoms. The van der Waals surface area contributed by atoms with Crippen LogP contribution in [-0.2, 0) is 13.1 Å². The van der Waals surface area contributed by atoms with E-state index in [1.54, 1.807) is 40.3 Å². The number of piperidine rings is 1. The quantitative estimate of drug-likeness (QED) is 0.184. The van der Waals surface area contributed by atoms with Crippen molar-refractivity contribution in [1.29, 1.82) is 0 Å². The highest BCUT2D eigenvalue weighted by Crippen LogP contribution is 2.44.